The van der Waals surface area contributed by atoms with Gasteiger partial charge in [0.2, 0.25) is 5.95 Å². The van der Waals surface area contributed by atoms with Crippen molar-refractivity contribution in [2.75, 3.05) is 30.4 Å². The number of halogens is 1. The highest BCUT2D eigenvalue weighted by Crippen LogP contribution is 2.25. The molecule has 1 fully saturated rings. The molecule has 0 atom stereocenters. The summed E-state index contributed by atoms with van der Waals surface area (Å²) < 4.78 is 4.64. The van der Waals surface area contributed by atoms with Crippen molar-refractivity contribution >= 4 is 35.1 Å². The topological polar surface area (TPSA) is 79.4 Å². The summed E-state index contributed by atoms with van der Waals surface area (Å²) in [5.41, 5.74) is 0.801. The Bertz CT molecular complexity index is 734. The van der Waals surface area contributed by atoms with Crippen molar-refractivity contribution in [1.29, 1.82) is 0 Å². The first-order chi connectivity index (χ1) is 12.2. The van der Waals surface area contributed by atoms with Crippen molar-refractivity contribution in [3.63, 3.8) is 0 Å². The number of hydrogen-bond acceptors (Lipinski definition) is 6. The minimum absolute atomic E-state index is 0.119. The van der Waals surface area contributed by atoms with Crippen molar-refractivity contribution in [2.45, 2.75) is 18.9 Å². The van der Waals surface area contributed by atoms with Crippen LogP contribution in [0.4, 0.5) is 22.2 Å². The largest absolute Gasteiger partial charge is 0.453 e. The average Bonchev–Trinajstić information content (AvgIpc) is 2.64. The van der Waals surface area contributed by atoms with Gasteiger partial charge in [-0.3, -0.25) is 0 Å². The number of methoxy groups -OCH3 is 1. The molecule has 2 heterocycles. The molecule has 1 aliphatic rings. The minimum Gasteiger partial charge on any atom is -0.453 e. The molecule has 132 valence electrons. The van der Waals surface area contributed by atoms with Gasteiger partial charge in [-0.1, -0.05) is 23.7 Å². The second-order valence-corrected chi connectivity index (χ2v) is 6.15. The van der Waals surface area contributed by atoms with Crippen LogP contribution in [0.25, 0.3) is 0 Å². The molecule has 1 aliphatic heterocycles. The van der Waals surface area contributed by atoms with Gasteiger partial charge in [-0.2, -0.15) is 4.98 Å². The number of anilines is 3. The fourth-order valence-electron chi connectivity index (χ4n) is 2.72. The first-order valence-electron chi connectivity index (χ1n) is 8.10. The Kier molecular flexibility index (Phi) is 5.55. The molecule has 0 radical (unpaired) electrons. The van der Waals surface area contributed by atoms with Crippen LogP contribution in [0, 0.1) is 0 Å². The summed E-state index contributed by atoms with van der Waals surface area (Å²) in [7, 11) is 1.37. The van der Waals surface area contributed by atoms with Crippen LogP contribution in [0.1, 0.15) is 12.8 Å². The fraction of sp³-hybridized carbons (Fsp3) is 0.353. The Morgan fingerprint density at radius 1 is 1.28 bits per heavy atom. The lowest BCUT2D eigenvalue weighted by atomic mass is 10.1. The maximum Gasteiger partial charge on any atom is 0.407 e. The number of hydrogen-bond donors (Lipinski definition) is 2. The van der Waals surface area contributed by atoms with Gasteiger partial charge in [0.1, 0.15) is 5.82 Å². The predicted molar refractivity (Wildman–Crippen MR) is 97.5 cm³/mol. The molecule has 25 heavy (non-hydrogen) atoms. The number of aromatic nitrogens is 2. The summed E-state index contributed by atoms with van der Waals surface area (Å²) in [4.78, 5) is 22.3. The minimum atomic E-state index is -0.388. The molecular formula is C17H20ClN5O2. The van der Waals surface area contributed by atoms with Crippen molar-refractivity contribution in [2.24, 2.45) is 0 Å². The maximum atomic E-state index is 11.3. The summed E-state index contributed by atoms with van der Waals surface area (Å²) in [5.74, 6) is 1.35. The third-order valence-corrected chi connectivity index (χ3v) is 4.39. The van der Waals surface area contributed by atoms with Crippen LogP contribution >= 0.6 is 11.6 Å². The Morgan fingerprint density at radius 2 is 2.04 bits per heavy atom. The zero-order chi connectivity index (χ0) is 17.6. The summed E-state index contributed by atoms with van der Waals surface area (Å²) in [5, 5.41) is 6.68. The monoisotopic (exact) mass is 361 g/mol. The van der Waals surface area contributed by atoms with Crippen molar-refractivity contribution in [3.8, 4) is 0 Å². The van der Waals surface area contributed by atoms with Crippen LogP contribution in [0.15, 0.2) is 36.5 Å². The summed E-state index contributed by atoms with van der Waals surface area (Å²) in [6.07, 6.45) is 2.97. The number of alkyl carbamates (subject to hydrolysis) is 1. The fourth-order valence-corrected chi connectivity index (χ4v) is 2.90. The Labute approximate surface area is 151 Å². The Hall–Kier alpha value is -2.54. The molecule has 3 rings (SSSR count). The van der Waals surface area contributed by atoms with E-state index in [4.69, 9.17) is 11.6 Å². The zero-order valence-electron chi connectivity index (χ0n) is 13.9. The second kappa shape index (κ2) is 8.02. The molecule has 2 aromatic rings. The first-order valence-corrected chi connectivity index (χ1v) is 8.47. The molecule has 8 heteroatoms. The highest BCUT2D eigenvalue weighted by atomic mass is 35.5. The number of carbonyl (C=O) groups excluding carboxylic acids is 1. The quantitative estimate of drug-likeness (QED) is 0.870. The number of nitrogens with zero attached hydrogens (tertiary/aromatic N) is 3. The van der Waals surface area contributed by atoms with E-state index in [1.807, 2.05) is 24.3 Å². The third kappa shape index (κ3) is 4.51. The molecular weight excluding hydrogens is 342 g/mol. The molecule has 0 aliphatic carbocycles. The van der Waals surface area contributed by atoms with Gasteiger partial charge >= 0.3 is 6.09 Å². The lowest BCUT2D eigenvalue weighted by Crippen LogP contribution is -2.45. The van der Waals surface area contributed by atoms with E-state index in [2.05, 4.69) is 30.2 Å². The van der Waals surface area contributed by atoms with E-state index < -0.39 is 0 Å². The smallest absolute Gasteiger partial charge is 0.407 e. The van der Waals surface area contributed by atoms with E-state index in [9.17, 15) is 4.79 Å². The van der Waals surface area contributed by atoms with Crippen molar-refractivity contribution in [3.05, 3.63) is 41.6 Å². The van der Waals surface area contributed by atoms with Gasteiger partial charge in [0.05, 0.1) is 17.8 Å². The summed E-state index contributed by atoms with van der Waals surface area (Å²) in [6, 6.07) is 9.44. The van der Waals surface area contributed by atoms with Crippen LogP contribution in [-0.2, 0) is 4.74 Å². The van der Waals surface area contributed by atoms with Crippen LogP contribution in [0.3, 0.4) is 0 Å². The molecule has 0 bridgehead atoms. The van der Waals surface area contributed by atoms with Crippen molar-refractivity contribution in [1.82, 2.24) is 15.3 Å². The Morgan fingerprint density at radius 3 is 2.76 bits per heavy atom. The standard InChI is InChI=1S/C17H20ClN5O2/c1-25-17(24)20-12-7-10-23(11-8-12)16-19-9-6-15(22-16)21-14-5-3-2-4-13(14)18/h2-6,9,12H,7-8,10-11H2,1H3,(H,20,24)(H,19,21,22). The molecule has 1 aromatic carbocycles. The molecule has 0 spiro atoms. The maximum absolute atomic E-state index is 11.3. The molecule has 1 amide bonds. The van der Waals surface area contributed by atoms with E-state index in [0.29, 0.717) is 16.8 Å². The Balaban J connectivity index is 1.63. The van der Waals surface area contributed by atoms with Crippen LogP contribution in [-0.4, -0.2) is 42.3 Å². The number of para-hydroxylation sites is 1. The third-order valence-electron chi connectivity index (χ3n) is 4.06. The van der Waals surface area contributed by atoms with Crippen molar-refractivity contribution < 1.29 is 9.53 Å². The van der Waals surface area contributed by atoms with Gasteiger partial charge in [0, 0.05) is 25.3 Å². The molecule has 1 saturated heterocycles. The van der Waals surface area contributed by atoms with Gasteiger partial charge in [0.15, 0.2) is 0 Å². The van der Waals surface area contributed by atoms with Gasteiger partial charge < -0.3 is 20.3 Å². The first kappa shape index (κ1) is 17.3. The predicted octanol–water partition coefficient (Wildman–Crippen LogP) is 3.20. The lowest BCUT2D eigenvalue weighted by molar-refractivity contribution is 0.164. The molecule has 7 nitrogen and oxygen atoms in total. The van der Waals surface area contributed by atoms with Crippen LogP contribution in [0.5, 0.6) is 0 Å². The summed E-state index contributed by atoms with van der Waals surface area (Å²) >= 11 is 6.17. The van der Waals surface area contributed by atoms with Crippen LogP contribution in [0.2, 0.25) is 5.02 Å². The molecule has 1 aromatic heterocycles. The highest BCUT2D eigenvalue weighted by Gasteiger charge is 2.22. The molecule has 0 saturated carbocycles. The normalized spacial score (nSPS) is 14.9. The van der Waals surface area contributed by atoms with Crippen LogP contribution < -0.4 is 15.5 Å². The summed E-state index contributed by atoms with van der Waals surface area (Å²) in [6.45, 7) is 1.54. The number of amides is 1. The van der Waals surface area contributed by atoms with Gasteiger partial charge in [-0.05, 0) is 31.0 Å². The van der Waals surface area contributed by atoms with Gasteiger partial charge in [0.25, 0.3) is 0 Å². The van der Waals surface area contributed by atoms with E-state index >= 15 is 0 Å². The van der Waals surface area contributed by atoms with Gasteiger partial charge in [-0.15, -0.1) is 0 Å². The number of benzene rings is 1. The second-order valence-electron chi connectivity index (χ2n) is 5.74. The number of nitrogens with one attached hydrogen (secondary N) is 2. The highest BCUT2D eigenvalue weighted by molar-refractivity contribution is 6.33. The average molecular weight is 362 g/mol. The zero-order valence-corrected chi connectivity index (χ0v) is 14.7. The number of piperidine rings is 1. The lowest BCUT2D eigenvalue weighted by Gasteiger charge is -2.32. The van der Waals surface area contributed by atoms with E-state index in [0.717, 1.165) is 31.6 Å². The van der Waals surface area contributed by atoms with E-state index in [-0.39, 0.29) is 12.1 Å². The van der Waals surface area contributed by atoms with E-state index in [1.165, 1.54) is 7.11 Å². The van der Waals surface area contributed by atoms with E-state index in [1.54, 1.807) is 12.3 Å². The number of carbonyl (C=O) groups is 1. The molecule has 2 N–H and O–H groups in total. The number of ether oxygens (including phenoxy) is 1. The van der Waals surface area contributed by atoms with Gasteiger partial charge in [-0.25, -0.2) is 9.78 Å². The SMILES string of the molecule is COC(=O)NC1CCN(c2nccc(Nc3ccccc3Cl)n2)CC1. The number of rotatable bonds is 4. The molecule has 0 unspecified atom stereocenters.